The van der Waals surface area contributed by atoms with E-state index in [1.54, 1.807) is 11.0 Å². The van der Waals surface area contributed by atoms with Crippen molar-refractivity contribution in [2.24, 2.45) is 0 Å². The van der Waals surface area contributed by atoms with E-state index in [9.17, 15) is 4.79 Å². The van der Waals surface area contributed by atoms with E-state index in [0.717, 1.165) is 24.3 Å². The highest BCUT2D eigenvalue weighted by Gasteiger charge is 2.21. The van der Waals surface area contributed by atoms with Crippen LogP contribution in [0.1, 0.15) is 11.1 Å². The number of fused-ring (bicyclic) bond motifs is 1. The average Bonchev–Trinajstić information content (AvgIpc) is 3.14. The predicted octanol–water partition coefficient (Wildman–Crippen LogP) is 1.68. The third kappa shape index (κ3) is 3.28. The van der Waals surface area contributed by atoms with E-state index in [2.05, 4.69) is 39.6 Å². The molecule has 26 heavy (non-hydrogen) atoms. The quantitative estimate of drug-likeness (QED) is 0.720. The molecule has 0 N–H and O–H groups in total. The first-order chi connectivity index (χ1) is 12.7. The maximum atomic E-state index is 12.8. The van der Waals surface area contributed by atoms with Gasteiger partial charge in [-0.3, -0.25) is 4.79 Å². The fourth-order valence-electron chi connectivity index (χ4n) is 3.24. The lowest BCUT2D eigenvalue weighted by Crippen LogP contribution is -2.35. The third-order valence-corrected chi connectivity index (χ3v) is 4.73. The number of rotatable bonds is 3. The molecule has 3 aromatic rings. The molecule has 1 aliphatic heterocycles. The molecule has 0 saturated carbocycles. The van der Waals surface area contributed by atoms with Crippen LogP contribution in [0.2, 0.25) is 0 Å². The van der Waals surface area contributed by atoms with Crippen molar-refractivity contribution < 1.29 is 4.79 Å². The second kappa shape index (κ2) is 6.95. The highest BCUT2D eigenvalue weighted by Crippen LogP contribution is 2.24. The summed E-state index contributed by atoms with van der Waals surface area (Å²) in [6.45, 7) is 2.22. The van der Waals surface area contributed by atoms with Gasteiger partial charge in [0.15, 0.2) is 0 Å². The van der Waals surface area contributed by atoms with Crippen molar-refractivity contribution in [1.82, 2.24) is 25.1 Å². The van der Waals surface area contributed by atoms with Crippen molar-refractivity contribution in [3.05, 3.63) is 66.0 Å². The molecule has 1 aromatic heterocycles. The summed E-state index contributed by atoms with van der Waals surface area (Å²) >= 11 is 0. The predicted molar refractivity (Wildman–Crippen MR) is 98.0 cm³/mol. The van der Waals surface area contributed by atoms with E-state index < -0.39 is 0 Å². The zero-order chi connectivity index (χ0) is 17.9. The molecule has 7 nitrogen and oxygen atoms in total. The van der Waals surface area contributed by atoms with Gasteiger partial charge in [-0.25, -0.2) is 4.68 Å². The topological polar surface area (TPSA) is 67.2 Å². The van der Waals surface area contributed by atoms with Crippen molar-refractivity contribution in [3.8, 4) is 5.69 Å². The minimum Gasteiger partial charge on any atom is -0.373 e. The first-order valence-electron chi connectivity index (χ1n) is 8.60. The molecule has 2 heterocycles. The Hall–Kier alpha value is -3.22. The monoisotopic (exact) mass is 348 g/mol. The number of carbonyl (C=O) groups excluding carboxylic acids is 1. The van der Waals surface area contributed by atoms with Crippen LogP contribution in [0.4, 0.5) is 5.69 Å². The van der Waals surface area contributed by atoms with Crippen LogP contribution in [0.3, 0.4) is 0 Å². The molecule has 0 bridgehead atoms. The molecule has 0 radical (unpaired) electrons. The normalized spacial score (nSPS) is 14.0. The van der Waals surface area contributed by atoms with Crippen molar-refractivity contribution >= 4 is 11.6 Å². The highest BCUT2D eigenvalue weighted by atomic mass is 16.2. The fraction of sp³-hybridized carbons (Fsp3) is 0.263. The molecule has 0 saturated heterocycles. The molecular weight excluding hydrogens is 328 g/mol. The number of nitrogens with zero attached hydrogens (tertiary/aromatic N) is 6. The lowest BCUT2D eigenvalue weighted by molar-refractivity contribution is -0.130. The zero-order valence-corrected chi connectivity index (χ0v) is 14.6. The lowest BCUT2D eigenvalue weighted by atomic mass is 10.1. The summed E-state index contributed by atoms with van der Waals surface area (Å²) < 4.78 is 1.59. The Morgan fingerprint density at radius 2 is 1.88 bits per heavy atom. The number of likely N-dealkylation sites (N-methyl/N-ethyl adjacent to an activating group) is 1. The highest BCUT2D eigenvalue weighted by molar-refractivity contribution is 5.79. The summed E-state index contributed by atoms with van der Waals surface area (Å²) in [5.41, 5.74) is 4.25. The summed E-state index contributed by atoms with van der Waals surface area (Å²) in [7, 11) is 2.07. The standard InChI is InChI=1S/C19H20N6O/c1-23-10-11-24(13-16-4-2-3-5-18(16)23)19(26)12-15-6-8-17(9-7-15)25-14-20-21-22-25/h2-9,14H,10-13H2,1H3. The Kier molecular flexibility index (Phi) is 4.35. The van der Waals surface area contributed by atoms with E-state index >= 15 is 0 Å². The van der Waals surface area contributed by atoms with Gasteiger partial charge in [0.25, 0.3) is 0 Å². The van der Waals surface area contributed by atoms with Crippen LogP contribution in [-0.2, 0) is 17.8 Å². The number of aromatic nitrogens is 4. The number of tetrazole rings is 1. The smallest absolute Gasteiger partial charge is 0.227 e. The number of amides is 1. The molecule has 4 rings (SSSR count). The van der Waals surface area contributed by atoms with Crippen LogP contribution in [0.5, 0.6) is 0 Å². The van der Waals surface area contributed by atoms with Gasteiger partial charge in [0, 0.05) is 32.4 Å². The minimum absolute atomic E-state index is 0.144. The van der Waals surface area contributed by atoms with Crippen molar-refractivity contribution in [2.45, 2.75) is 13.0 Å². The molecule has 0 unspecified atom stereocenters. The Labute approximate surface area is 151 Å². The van der Waals surface area contributed by atoms with Crippen molar-refractivity contribution in [3.63, 3.8) is 0 Å². The number of benzene rings is 2. The Bertz CT molecular complexity index is 891. The SMILES string of the molecule is CN1CCN(C(=O)Cc2ccc(-n3cnnn3)cc2)Cc2ccccc21. The molecule has 0 fully saturated rings. The first-order valence-corrected chi connectivity index (χ1v) is 8.60. The molecule has 0 atom stereocenters. The summed E-state index contributed by atoms with van der Waals surface area (Å²) in [4.78, 5) is 17.0. The van der Waals surface area contributed by atoms with E-state index in [1.807, 2.05) is 41.3 Å². The van der Waals surface area contributed by atoms with E-state index in [1.165, 1.54) is 11.3 Å². The summed E-state index contributed by atoms with van der Waals surface area (Å²) in [5, 5.41) is 11.1. The van der Waals surface area contributed by atoms with Crippen LogP contribution in [0.25, 0.3) is 5.69 Å². The van der Waals surface area contributed by atoms with Crippen molar-refractivity contribution in [2.75, 3.05) is 25.0 Å². The van der Waals surface area contributed by atoms with E-state index in [0.29, 0.717) is 13.0 Å². The van der Waals surface area contributed by atoms with Crippen LogP contribution in [0.15, 0.2) is 54.9 Å². The van der Waals surface area contributed by atoms with E-state index in [-0.39, 0.29) is 5.91 Å². The summed E-state index contributed by atoms with van der Waals surface area (Å²) in [6.07, 6.45) is 1.94. The van der Waals surface area contributed by atoms with Crippen LogP contribution >= 0.6 is 0 Å². The van der Waals surface area contributed by atoms with Gasteiger partial charge in [-0.2, -0.15) is 0 Å². The van der Waals surface area contributed by atoms with Gasteiger partial charge in [-0.15, -0.1) is 5.10 Å². The number of para-hydroxylation sites is 1. The van der Waals surface area contributed by atoms with Gasteiger partial charge in [-0.05, 0) is 39.8 Å². The second-order valence-corrected chi connectivity index (χ2v) is 6.46. The molecule has 1 amide bonds. The molecule has 7 heteroatoms. The second-order valence-electron chi connectivity index (χ2n) is 6.46. The Morgan fingerprint density at radius 3 is 2.65 bits per heavy atom. The number of hydrogen-bond acceptors (Lipinski definition) is 5. The fourth-order valence-corrected chi connectivity index (χ4v) is 3.24. The molecule has 1 aliphatic rings. The Morgan fingerprint density at radius 1 is 1.08 bits per heavy atom. The molecule has 2 aromatic carbocycles. The molecule has 132 valence electrons. The van der Waals surface area contributed by atoms with Gasteiger partial charge >= 0.3 is 0 Å². The number of carbonyl (C=O) groups is 1. The van der Waals surface area contributed by atoms with Crippen LogP contribution in [-0.4, -0.2) is 51.2 Å². The maximum absolute atomic E-state index is 12.8. The molecule has 0 spiro atoms. The summed E-state index contributed by atoms with van der Waals surface area (Å²) in [6, 6.07) is 16.0. The zero-order valence-electron chi connectivity index (χ0n) is 14.6. The number of hydrogen-bond donors (Lipinski definition) is 0. The largest absolute Gasteiger partial charge is 0.373 e. The molecular formula is C19H20N6O. The average molecular weight is 348 g/mol. The molecule has 0 aliphatic carbocycles. The van der Waals surface area contributed by atoms with Crippen LogP contribution in [0, 0.1) is 0 Å². The van der Waals surface area contributed by atoms with Gasteiger partial charge < -0.3 is 9.80 Å². The van der Waals surface area contributed by atoms with Crippen molar-refractivity contribution in [1.29, 1.82) is 0 Å². The van der Waals surface area contributed by atoms with Gasteiger partial charge in [0.05, 0.1) is 12.1 Å². The van der Waals surface area contributed by atoms with Gasteiger partial charge in [0.2, 0.25) is 5.91 Å². The lowest BCUT2D eigenvalue weighted by Gasteiger charge is -2.21. The van der Waals surface area contributed by atoms with E-state index in [4.69, 9.17) is 0 Å². The van der Waals surface area contributed by atoms with Crippen LogP contribution < -0.4 is 4.90 Å². The summed E-state index contributed by atoms with van der Waals surface area (Å²) in [5.74, 6) is 0.144. The van der Waals surface area contributed by atoms with Gasteiger partial charge in [-0.1, -0.05) is 30.3 Å². The first kappa shape index (κ1) is 16.3. The maximum Gasteiger partial charge on any atom is 0.227 e. The Balaban J connectivity index is 1.46. The minimum atomic E-state index is 0.144. The number of anilines is 1. The van der Waals surface area contributed by atoms with Gasteiger partial charge in [0.1, 0.15) is 6.33 Å². The third-order valence-electron chi connectivity index (χ3n) is 4.73.